The van der Waals surface area contributed by atoms with Crippen LogP contribution in [0.3, 0.4) is 0 Å². The highest BCUT2D eigenvalue weighted by Crippen LogP contribution is 2.44. The zero-order chi connectivity index (χ0) is 19.4. The number of nitrogens with zero attached hydrogens (tertiary/aromatic N) is 3. The lowest BCUT2D eigenvalue weighted by Crippen LogP contribution is -2.48. The van der Waals surface area contributed by atoms with Crippen LogP contribution in [-0.2, 0) is 24.2 Å². The smallest absolute Gasteiger partial charge is 0.241 e. The Labute approximate surface area is 162 Å². The first-order chi connectivity index (χ1) is 13.0. The number of guanidine groups is 1. The molecule has 7 nitrogen and oxygen atoms in total. The molecule has 2 aliphatic carbocycles. The Morgan fingerprint density at radius 1 is 1.26 bits per heavy atom. The number of carbonyl (C=O) groups is 1. The molecule has 150 valence electrons. The molecule has 1 amide bonds. The van der Waals surface area contributed by atoms with Crippen LogP contribution in [0, 0.1) is 11.8 Å². The van der Waals surface area contributed by atoms with Crippen molar-refractivity contribution >= 4 is 11.9 Å². The van der Waals surface area contributed by atoms with Gasteiger partial charge in [-0.1, -0.05) is 25.4 Å². The second kappa shape index (κ2) is 8.76. The van der Waals surface area contributed by atoms with Gasteiger partial charge < -0.3 is 20.1 Å². The minimum absolute atomic E-state index is 0.0333. The summed E-state index contributed by atoms with van der Waals surface area (Å²) in [7, 11) is 3.53. The Hall–Kier alpha value is -2.05. The summed E-state index contributed by atoms with van der Waals surface area (Å²) < 4.78 is 5.45. The molecule has 2 aliphatic rings. The van der Waals surface area contributed by atoms with Gasteiger partial charge in [-0.15, -0.1) is 0 Å². The summed E-state index contributed by atoms with van der Waals surface area (Å²) in [6.45, 7) is 4.90. The van der Waals surface area contributed by atoms with Crippen molar-refractivity contribution in [2.75, 3.05) is 20.6 Å². The van der Waals surface area contributed by atoms with Crippen molar-refractivity contribution in [2.45, 2.75) is 65.0 Å². The van der Waals surface area contributed by atoms with E-state index in [9.17, 15) is 4.79 Å². The van der Waals surface area contributed by atoms with E-state index in [1.165, 1.54) is 25.7 Å². The van der Waals surface area contributed by atoms with Crippen LogP contribution in [0.2, 0.25) is 0 Å². The number of amides is 1. The van der Waals surface area contributed by atoms with E-state index in [1.807, 2.05) is 0 Å². The highest BCUT2D eigenvalue weighted by molar-refractivity contribution is 5.86. The molecule has 1 aromatic rings. The van der Waals surface area contributed by atoms with E-state index < -0.39 is 0 Å². The van der Waals surface area contributed by atoms with Gasteiger partial charge in [0.15, 0.2) is 5.96 Å². The van der Waals surface area contributed by atoms with Crippen LogP contribution in [-0.4, -0.2) is 48.6 Å². The van der Waals surface area contributed by atoms with Gasteiger partial charge in [0.1, 0.15) is 5.76 Å². The topological polar surface area (TPSA) is 82.8 Å². The van der Waals surface area contributed by atoms with Crippen LogP contribution in [0.15, 0.2) is 9.52 Å². The molecular formula is C20H33N5O2. The molecule has 0 spiro atoms. The van der Waals surface area contributed by atoms with E-state index in [1.54, 1.807) is 19.0 Å². The molecule has 0 saturated heterocycles. The number of fused-ring (bicyclic) bond motifs is 2. The number of aryl methyl sites for hydroxylation is 2. The lowest BCUT2D eigenvalue weighted by atomic mass is 9.95. The van der Waals surface area contributed by atoms with E-state index in [0.717, 1.165) is 41.7 Å². The standard InChI is InChI=1S/C20H33N5O2/c1-5-16-15(18(6-2)27-24-16)11-21-20(22-12-19(26)25(3)4)23-17-10-13-7-8-14(17)9-13/h13-14,17H,5-12H2,1-4H3,(H2,21,22,23). The molecule has 3 unspecified atom stereocenters. The second-order valence-electron chi connectivity index (χ2n) is 7.97. The van der Waals surface area contributed by atoms with Crippen molar-refractivity contribution in [1.82, 2.24) is 20.7 Å². The van der Waals surface area contributed by atoms with Gasteiger partial charge in [-0.25, -0.2) is 4.99 Å². The van der Waals surface area contributed by atoms with Crippen molar-refractivity contribution in [3.8, 4) is 0 Å². The molecule has 2 fully saturated rings. The molecule has 0 aromatic carbocycles. The molecule has 2 saturated carbocycles. The van der Waals surface area contributed by atoms with Crippen molar-refractivity contribution in [1.29, 1.82) is 0 Å². The van der Waals surface area contributed by atoms with E-state index >= 15 is 0 Å². The molecule has 1 aromatic heterocycles. The third kappa shape index (κ3) is 4.62. The monoisotopic (exact) mass is 375 g/mol. The van der Waals surface area contributed by atoms with Gasteiger partial charge >= 0.3 is 0 Å². The number of hydrogen-bond donors (Lipinski definition) is 2. The normalized spacial score (nSPS) is 24.3. The Morgan fingerprint density at radius 3 is 2.67 bits per heavy atom. The summed E-state index contributed by atoms with van der Waals surface area (Å²) >= 11 is 0. The maximum atomic E-state index is 12.0. The van der Waals surface area contributed by atoms with Crippen molar-refractivity contribution in [2.24, 2.45) is 16.8 Å². The van der Waals surface area contributed by atoms with Gasteiger partial charge in [0.2, 0.25) is 5.91 Å². The van der Waals surface area contributed by atoms with Crippen molar-refractivity contribution in [3.05, 3.63) is 17.0 Å². The molecule has 7 heteroatoms. The molecule has 1 heterocycles. The van der Waals surface area contributed by atoms with Gasteiger partial charge in [0, 0.05) is 32.1 Å². The quantitative estimate of drug-likeness (QED) is 0.563. The Kier molecular flexibility index (Phi) is 6.39. The SMILES string of the molecule is CCc1noc(CC)c1CN=C(NCC(=O)N(C)C)NC1CC2CCC1C2. The van der Waals surface area contributed by atoms with Gasteiger partial charge in [0.25, 0.3) is 0 Å². The third-order valence-corrected chi connectivity index (χ3v) is 5.97. The molecule has 2 bridgehead atoms. The summed E-state index contributed by atoms with van der Waals surface area (Å²) in [5.74, 6) is 3.24. The van der Waals surface area contributed by atoms with E-state index in [-0.39, 0.29) is 12.5 Å². The third-order valence-electron chi connectivity index (χ3n) is 5.97. The largest absolute Gasteiger partial charge is 0.361 e. The molecule has 2 N–H and O–H groups in total. The Bertz CT molecular complexity index is 660. The van der Waals surface area contributed by atoms with Crippen LogP contribution in [0.4, 0.5) is 0 Å². The second-order valence-corrected chi connectivity index (χ2v) is 7.97. The predicted octanol–water partition coefficient (Wildman–Crippen LogP) is 2.11. The van der Waals surface area contributed by atoms with Crippen LogP contribution in [0.1, 0.15) is 56.5 Å². The lowest BCUT2D eigenvalue weighted by Gasteiger charge is -2.25. The fourth-order valence-electron chi connectivity index (χ4n) is 4.34. The number of likely N-dealkylation sites (N-methyl/N-ethyl adjacent to an activating group) is 1. The summed E-state index contributed by atoms with van der Waals surface area (Å²) in [6, 6.07) is 0.461. The van der Waals surface area contributed by atoms with Crippen LogP contribution >= 0.6 is 0 Å². The molecule has 3 atom stereocenters. The van der Waals surface area contributed by atoms with Gasteiger partial charge in [-0.2, -0.15) is 0 Å². The predicted molar refractivity (Wildman–Crippen MR) is 105 cm³/mol. The van der Waals surface area contributed by atoms with E-state index in [4.69, 9.17) is 9.52 Å². The first-order valence-electron chi connectivity index (χ1n) is 10.2. The van der Waals surface area contributed by atoms with Crippen LogP contribution in [0.5, 0.6) is 0 Å². The van der Waals surface area contributed by atoms with Gasteiger partial charge in [-0.3, -0.25) is 4.79 Å². The first-order valence-corrected chi connectivity index (χ1v) is 10.2. The van der Waals surface area contributed by atoms with E-state index in [0.29, 0.717) is 18.5 Å². The number of nitrogens with one attached hydrogen (secondary N) is 2. The summed E-state index contributed by atoms with van der Waals surface area (Å²) in [4.78, 5) is 18.4. The average molecular weight is 376 g/mol. The van der Waals surface area contributed by atoms with Crippen molar-refractivity contribution in [3.63, 3.8) is 0 Å². The molecule has 3 rings (SSSR count). The minimum Gasteiger partial charge on any atom is -0.361 e. The average Bonchev–Trinajstić information content (AvgIpc) is 3.38. The summed E-state index contributed by atoms with van der Waals surface area (Å²) in [5.41, 5.74) is 2.05. The summed E-state index contributed by atoms with van der Waals surface area (Å²) in [5, 5.41) is 11.0. The number of carbonyl (C=O) groups excluding carboxylic acids is 1. The highest BCUT2D eigenvalue weighted by Gasteiger charge is 2.39. The lowest BCUT2D eigenvalue weighted by molar-refractivity contribution is -0.127. The maximum Gasteiger partial charge on any atom is 0.241 e. The van der Waals surface area contributed by atoms with Gasteiger partial charge in [0.05, 0.1) is 18.8 Å². The van der Waals surface area contributed by atoms with E-state index in [2.05, 4.69) is 29.6 Å². The minimum atomic E-state index is 0.0333. The molecule has 0 radical (unpaired) electrons. The summed E-state index contributed by atoms with van der Waals surface area (Å²) in [6.07, 6.45) is 6.84. The number of aliphatic imine (C=N–C) groups is 1. The molecule has 27 heavy (non-hydrogen) atoms. The number of rotatable bonds is 7. The fourth-order valence-corrected chi connectivity index (χ4v) is 4.34. The van der Waals surface area contributed by atoms with Gasteiger partial charge in [-0.05, 0) is 37.5 Å². The number of hydrogen-bond acceptors (Lipinski definition) is 4. The zero-order valence-corrected chi connectivity index (χ0v) is 17.0. The maximum absolute atomic E-state index is 12.0. The Morgan fingerprint density at radius 2 is 2.07 bits per heavy atom. The molecule has 0 aliphatic heterocycles. The Balaban J connectivity index is 1.71. The highest BCUT2D eigenvalue weighted by atomic mass is 16.5. The van der Waals surface area contributed by atoms with Crippen molar-refractivity contribution < 1.29 is 9.32 Å². The zero-order valence-electron chi connectivity index (χ0n) is 17.0. The molecular weight excluding hydrogens is 342 g/mol. The first kappa shape index (κ1) is 19.7. The number of aromatic nitrogens is 1. The van der Waals surface area contributed by atoms with Crippen LogP contribution in [0.25, 0.3) is 0 Å². The van der Waals surface area contributed by atoms with Crippen LogP contribution < -0.4 is 10.6 Å². The fraction of sp³-hybridized carbons (Fsp3) is 0.750.